The zero-order valence-corrected chi connectivity index (χ0v) is 16.4. The molecule has 8 heteroatoms. The molecule has 1 aromatic heterocycles. The van der Waals surface area contributed by atoms with E-state index >= 15 is 0 Å². The molecule has 0 saturated carbocycles. The third-order valence-corrected chi connectivity index (χ3v) is 4.79. The summed E-state index contributed by atoms with van der Waals surface area (Å²) in [5, 5.41) is 21.1. The van der Waals surface area contributed by atoms with Gasteiger partial charge < -0.3 is 15.2 Å². The number of nitrogens with zero attached hydrogens (tertiary/aromatic N) is 2. The molecular weight excluding hydrogens is 386 g/mol. The first-order valence-electron chi connectivity index (χ1n) is 9.27. The van der Waals surface area contributed by atoms with Crippen LogP contribution in [0, 0.1) is 0 Å². The van der Waals surface area contributed by atoms with Gasteiger partial charge in [0.05, 0.1) is 5.56 Å². The van der Waals surface area contributed by atoms with Crippen molar-refractivity contribution in [1.82, 2.24) is 15.6 Å². The molecule has 152 valence electrons. The molecule has 1 amide bonds. The van der Waals surface area contributed by atoms with Crippen LogP contribution in [0.1, 0.15) is 29.8 Å². The fourth-order valence-electron chi connectivity index (χ4n) is 3.05. The van der Waals surface area contributed by atoms with E-state index in [1.807, 2.05) is 30.3 Å². The molecule has 0 atom stereocenters. The Morgan fingerprint density at radius 2 is 1.83 bits per heavy atom. The Hall–Kier alpha value is -3.94. The highest BCUT2D eigenvalue weighted by Gasteiger charge is 2.30. The van der Waals surface area contributed by atoms with Crippen LogP contribution < -0.4 is 10.1 Å². The Bertz CT molecular complexity index is 1260. The molecule has 0 aliphatic heterocycles. The lowest BCUT2D eigenvalue weighted by atomic mass is 10.0. The molecule has 0 radical (unpaired) electrons. The number of aliphatic carboxylic acids is 1. The second-order valence-corrected chi connectivity index (χ2v) is 7.42. The summed E-state index contributed by atoms with van der Waals surface area (Å²) in [6.07, 6.45) is 0. The maximum absolute atomic E-state index is 12.9. The van der Waals surface area contributed by atoms with E-state index in [1.165, 1.54) is 13.8 Å². The minimum atomic E-state index is -1.43. The van der Waals surface area contributed by atoms with Crippen molar-refractivity contribution in [3.63, 3.8) is 0 Å². The Kier molecular flexibility index (Phi) is 4.83. The highest BCUT2D eigenvalue weighted by atomic mass is 16.6. The fraction of sp³-hybridized carbons (Fsp3) is 0.182. The maximum Gasteiger partial charge on any atom is 0.328 e. The standard InChI is InChI=1S/C22H19N3O5/c1-22(2,21(27)28)23-20(26)16-9-8-14-5-3-4-6-15(14)19(16)29-12-13-7-10-17-18(11-13)25-30-24-17/h3-11H,12H2,1-2H3,(H,23,26)(H,27,28). The van der Waals surface area contributed by atoms with E-state index in [1.54, 1.807) is 24.3 Å². The summed E-state index contributed by atoms with van der Waals surface area (Å²) in [7, 11) is 0. The van der Waals surface area contributed by atoms with Crippen molar-refractivity contribution in [2.45, 2.75) is 26.0 Å². The van der Waals surface area contributed by atoms with Crippen LogP contribution >= 0.6 is 0 Å². The molecule has 0 unspecified atom stereocenters. The largest absolute Gasteiger partial charge is 0.487 e. The van der Waals surface area contributed by atoms with Gasteiger partial charge in [0.25, 0.3) is 5.91 Å². The van der Waals surface area contributed by atoms with Gasteiger partial charge in [-0.1, -0.05) is 36.4 Å². The van der Waals surface area contributed by atoms with Gasteiger partial charge in [-0.15, -0.1) is 0 Å². The topological polar surface area (TPSA) is 115 Å². The van der Waals surface area contributed by atoms with E-state index in [-0.39, 0.29) is 12.2 Å². The highest BCUT2D eigenvalue weighted by Crippen LogP contribution is 2.31. The molecule has 4 rings (SSSR count). The van der Waals surface area contributed by atoms with E-state index in [9.17, 15) is 14.7 Å². The van der Waals surface area contributed by atoms with E-state index in [4.69, 9.17) is 9.37 Å². The lowest BCUT2D eigenvalue weighted by molar-refractivity contribution is -0.143. The summed E-state index contributed by atoms with van der Waals surface area (Å²) in [6, 6.07) is 16.4. The van der Waals surface area contributed by atoms with Gasteiger partial charge in [-0.25, -0.2) is 9.42 Å². The van der Waals surface area contributed by atoms with Crippen molar-refractivity contribution in [2.75, 3.05) is 0 Å². The second-order valence-electron chi connectivity index (χ2n) is 7.42. The second kappa shape index (κ2) is 7.47. The summed E-state index contributed by atoms with van der Waals surface area (Å²) < 4.78 is 10.8. The van der Waals surface area contributed by atoms with Gasteiger partial charge >= 0.3 is 5.97 Å². The number of carbonyl (C=O) groups is 2. The summed E-state index contributed by atoms with van der Waals surface area (Å²) >= 11 is 0. The van der Waals surface area contributed by atoms with Crippen molar-refractivity contribution in [1.29, 1.82) is 0 Å². The number of hydrogen-bond acceptors (Lipinski definition) is 6. The predicted molar refractivity (Wildman–Crippen MR) is 109 cm³/mol. The molecule has 0 saturated heterocycles. The van der Waals surface area contributed by atoms with Gasteiger partial charge in [0.15, 0.2) is 0 Å². The number of ether oxygens (including phenoxy) is 1. The fourth-order valence-corrected chi connectivity index (χ4v) is 3.05. The van der Waals surface area contributed by atoms with E-state index in [0.717, 1.165) is 16.3 Å². The zero-order chi connectivity index (χ0) is 21.3. The zero-order valence-electron chi connectivity index (χ0n) is 16.4. The molecule has 8 nitrogen and oxygen atoms in total. The van der Waals surface area contributed by atoms with E-state index in [0.29, 0.717) is 16.8 Å². The van der Waals surface area contributed by atoms with Gasteiger partial charge in [0, 0.05) is 5.39 Å². The number of amides is 1. The molecule has 0 aliphatic carbocycles. The third kappa shape index (κ3) is 3.67. The van der Waals surface area contributed by atoms with Crippen LogP contribution in [0.4, 0.5) is 0 Å². The van der Waals surface area contributed by atoms with Gasteiger partial charge in [0.1, 0.15) is 28.9 Å². The number of carboxylic acid groups (broad SMARTS) is 1. The average molecular weight is 405 g/mol. The van der Waals surface area contributed by atoms with Crippen molar-refractivity contribution >= 4 is 33.7 Å². The number of rotatable bonds is 6. The van der Waals surface area contributed by atoms with Crippen LogP contribution in [-0.2, 0) is 11.4 Å². The van der Waals surface area contributed by atoms with Gasteiger partial charge in [-0.3, -0.25) is 4.79 Å². The number of benzene rings is 3. The first-order chi connectivity index (χ1) is 14.3. The normalized spacial score (nSPS) is 11.5. The lowest BCUT2D eigenvalue weighted by Crippen LogP contribution is -2.49. The molecule has 0 spiro atoms. The Morgan fingerprint density at radius 3 is 2.63 bits per heavy atom. The molecule has 3 aromatic carbocycles. The summed E-state index contributed by atoms with van der Waals surface area (Å²) in [5.74, 6) is -1.28. The first-order valence-corrected chi connectivity index (χ1v) is 9.27. The van der Waals surface area contributed by atoms with Crippen molar-refractivity contribution < 1.29 is 24.1 Å². The van der Waals surface area contributed by atoms with Crippen LogP contribution in [-0.4, -0.2) is 32.8 Å². The molecule has 0 fully saturated rings. The molecule has 30 heavy (non-hydrogen) atoms. The lowest BCUT2D eigenvalue weighted by Gasteiger charge is -2.22. The highest BCUT2D eigenvalue weighted by molar-refractivity contribution is 6.05. The average Bonchev–Trinajstić information content (AvgIpc) is 3.19. The number of carbonyl (C=O) groups excluding carboxylic acids is 1. The van der Waals surface area contributed by atoms with Crippen LogP contribution in [0.15, 0.2) is 59.2 Å². The predicted octanol–water partition coefficient (Wildman–Crippen LogP) is 3.55. The summed E-state index contributed by atoms with van der Waals surface area (Å²) in [5.41, 5.74) is 0.899. The Morgan fingerprint density at radius 1 is 1.07 bits per heavy atom. The van der Waals surface area contributed by atoms with Crippen LogP contribution in [0.5, 0.6) is 5.75 Å². The van der Waals surface area contributed by atoms with Gasteiger partial charge in [0.2, 0.25) is 0 Å². The number of fused-ring (bicyclic) bond motifs is 2. The molecule has 2 N–H and O–H groups in total. The Balaban J connectivity index is 1.69. The first kappa shape index (κ1) is 19.4. The SMILES string of the molecule is CC(C)(NC(=O)c1ccc2ccccc2c1OCc1ccc2nonc2c1)C(=O)O. The minimum absolute atomic E-state index is 0.180. The maximum atomic E-state index is 12.9. The van der Waals surface area contributed by atoms with Gasteiger partial charge in [-0.2, -0.15) is 0 Å². The summed E-state index contributed by atoms with van der Waals surface area (Å²) in [6.45, 7) is 3.03. The molecule has 1 heterocycles. The summed E-state index contributed by atoms with van der Waals surface area (Å²) in [4.78, 5) is 24.3. The van der Waals surface area contributed by atoms with Crippen LogP contribution in [0.3, 0.4) is 0 Å². The number of aromatic nitrogens is 2. The number of carboxylic acids is 1. The smallest absolute Gasteiger partial charge is 0.328 e. The minimum Gasteiger partial charge on any atom is -0.487 e. The van der Waals surface area contributed by atoms with Crippen LogP contribution in [0.25, 0.3) is 21.8 Å². The van der Waals surface area contributed by atoms with Gasteiger partial charge in [-0.05, 0) is 53.3 Å². The number of nitrogens with one attached hydrogen (secondary N) is 1. The number of hydrogen-bond donors (Lipinski definition) is 2. The molecule has 0 bridgehead atoms. The van der Waals surface area contributed by atoms with E-state index < -0.39 is 17.4 Å². The molecule has 4 aromatic rings. The van der Waals surface area contributed by atoms with Crippen molar-refractivity contribution in [2.24, 2.45) is 0 Å². The van der Waals surface area contributed by atoms with E-state index in [2.05, 4.69) is 15.6 Å². The molecular formula is C22H19N3O5. The quantitative estimate of drug-likeness (QED) is 0.504. The van der Waals surface area contributed by atoms with Crippen molar-refractivity contribution in [3.05, 3.63) is 65.7 Å². The monoisotopic (exact) mass is 405 g/mol. The third-order valence-electron chi connectivity index (χ3n) is 4.79. The van der Waals surface area contributed by atoms with Crippen LogP contribution in [0.2, 0.25) is 0 Å². The molecule has 0 aliphatic rings. The van der Waals surface area contributed by atoms with Crippen molar-refractivity contribution in [3.8, 4) is 5.75 Å². The Labute approximate surface area is 171 Å².